The number of hydrogen-bond acceptors (Lipinski definition) is 7. The first-order chi connectivity index (χ1) is 19.3. The zero-order valence-corrected chi connectivity index (χ0v) is 23.0. The van der Waals surface area contributed by atoms with Crippen LogP contribution in [-0.4, -0.2) is 45.1 Å². The molecule has 0 atom stereocenters. The van der Waals surface area contributed by atoms with Crippen molar-refractivity contribution in [3.8, 4) is 5.75 Å². The van der Waals surface area contributed by atoms with E-state index in [2.05, 4.69) is 5.32 Å². The molecule has 0 spiro atoms. The van der Waals surface area contributed by atoms with Crippen molar-refractivity contribution in [2.24, 2.45) is 17.2 Å². The lowest BCUT2D eigenvalue weighted by Crippen LogP contribution is -2.39. The average molecular weight is 605 g/mol. The summed E-state index contributed by atoms with van der Waals surface area (Å²) in [5, 5.41) is 10.2. The number of nitrogens with two attached hydrogens (primary N) is 3. The average Bonchev–Trinajstić information content (AvgIpc) is 2.89. The lowest BCUT2D eigenvalue weighted by molar-refractivity contribution is -0.120. The molecule has 3 aromatic rings. The van der Waals surface area contributed by atoms with Crippen molar-refractivity contribution in [1.29, 1.82) is 5.41 Å². The molecule has 3 amide bonds. The molecule has 3 rings (SSSR count). The summed E-state index contributed by atoms with van der Waals surface area (Å²) in [6, 6.07) is 13.4. The Bertz CT molecular complexity index is 1620. The largest absolute Gasteiger partial charge is 0.483 e. The van der Waals surface area contributed by atoms with Crippen LogP contribution in [-0.2, 0) is 31.9 Å². The number of anilines is 1. The first-order valence-corrected chi connectivity index (χ1v) is 13.7. The van der Waals surface area contributed by atoms with Crippen molar-refractivity contribution < 1.29 is 31.9 Å². The molecule has 12 nitrogen and oxygen atoms in total. The van der Waals surface area contributed by atoms with E-state index in [1.165, 1.54) is 54.6 Å². The van der Waals surface area contributed by atoms with E-state index in [0.717, 1.165) is 6.07 Å². The van der Waals surface area contributed by atoms with Crippen LogP contribution in [0.2, 0.25) is 5.02 Å². The van der Waals surface area contributed by atoms with Crippen LogP contribution in [0.3, 0.4) is 0 Å². The second-order valence-electron chi connectivity index (χ2n) is 8.69. The fraction of sp³-hybridized carbons (Fsp3) is 0.154. The van der Waals surface area contributed by atoms with Gasteiger partial charge in [0.15, 0.2) is 6.61 Å². The van der Waals surface area contributed by atoms with Gasteiger partial charge >= 0.3 is 0 Å². The zero-order chi connectivity index (χ0) is 30.3. The molecule has 0 aliphatic carbocycles. The van der Waals surface area contributed by atoms with Gasteiger partial charge in [0.25, 0.3) is 11.8 Å². The Morgan fingerprint density at radius 3 is 2.29 bits per heavy atom. The molecule has 0 saturated heterocycles. The third kappa shape index (κ3) is 8.40. The highest BCUT2D eigenvalue weighted by atomic mass is 35.5. The molecule has 0 heterocycles. The minimum absolute atomic E-state index is 0.0282. The summed E-state index contributed by atoms with van der Waals surface area (Å²) >= 11 is 6.20. The third-order valence-electron chi connectivity index (χ3n) is 5.55. The first kappa shape index (κ1) is 30.8. The number of nitrogens with zero attached hydrogens (tertiary/aromatic N) is 1. The number of ether oxygens (including phenoxy) is 1. The molecule has 0 radical (unpaired) electrons. The smallest absolute Gasteiger partial charge is 0.255 e. The van der Waals surface area contributed by atoms with E-state index >= 15 is 0 Å². The standard InChI is InChI=1S/C26H26ClFN6O6S/c27-19-7-18(26(37)33-11-16-6-5-15(25(31)32)9-22(16)40-13-24(30)36)8-20(10-19)34(12-23(29)35)41(38,39)14-17-3-1-2-4-21(17)28/h1-10H,11-14H2,(H2,29,35)(H2,30,36)(H3,31,32)(H,33,37). The van der Waals surface area contributed by atoms with Crippen LogP contribution in [0.5, 0.6) is 5.75 Å². The fourth-order valence-electron chi connectivity index (χ4n) is 3.66. The maximum absolute atomic E-state index is 14.2. The molecule has 216 valence electrons. The predicted octanol–water partition coefficient (Wildman–Crippen LogP) is 1.38. The quantitative estimate of drug-likeness (QED) is 0.143. The molecule has 8 N–H and O–H groups in total. The van der Waals surface area contributed by atoms with E-state index in [9.17, 15) is 27.2 Å². The molecular formula is C26H26ClFN6O6S. The monoisotopic (exact) mass is 604 g/mol. The van der Waals surface area contributed by atoms with Crippen molar-refractivity contribution in [3.63, 3.8) is 0 Å². The van der Waals surface area contributed by atoms with E-state index in [1.807, 2.05) is 0 Å². The summed E-state index contributed by atoms with van der Waals surface area (Å²) in [5.74, 6) is -4.06. The van der Waals surface area contributed by atoms with Gasteiger partial charge in [0.05, 0.1) is 11.4 Å². The Balaban J connectivity index is 1.89. The summed E-state index contributed by atoms with van der Waals surface area (Å²) in [6.45, 7) is -1.37. The highest BCUT2D eigenvalue weighted by molar-refractivity contribution is 7.92. The van der Waals surface area contributed by atoms with Crippen LogP contribution in [0.1, 0.15) is 27.0 Å². The fourth-order valence-corrected chi connectivity index (χ4v) is 5.42. The second-order valence-corrected chi connectivity index (χ2v) is 11.0. The molecule has 0 fully saturated rings. The van der Waals surface area contributed by atoms with Gasteiger partial charge in [0.2, 0.25) is 15.9 Å². The van der Waals surface area contributed by atoms with E-state index < -0.39 is 52.5 Å². The number of rotatable bonds is 13. The van der Waals surface area contributed by atoms with Crippen LogP contribution in [0, 0.1) is 11.2 Å². The number of nitrogens with one attached hydrogen (secondary N) is 2. The van der Waals surface area contributed by atoms with Gasteiger partial charge in [-0.2, -0.15) is 0 Å². The van der Waals surface area contributed by atoms with Crippen molar-refractivity contribution in [2.75, 3.05) is 17.5 Å². The van der Waals surface area contributed by atoms with E-state index in [0.29, 0.717) is 15.4 Å². The van der Waals surface area contributed by atoms with Gasteiger partial charge in [-0.25, -0.2) is 12.8 Å². The molecule has 0 aliphatic rings. The molecule has 41 heavy (non-hydrogen) atoms. The summed E-state index contributed by atoms with van der Waals surface area (Å²) in [5.41, 5.74) is 16.3. The third-order valence-corrected chi connectivity index (χ3v) is 7.46. The topological polar surface area (TPSA) is 212 Å². The molecule has 0 bridgehead atoms. The Morgan fingerprint density at radius 2 is 1.66 bits per heavy atom. The van der Waals surface area contributed by atoms with Gasteiger partial charge < -0.3 is 27.3 Å². The summed E-state index contributed by atoms with van der Waals surface area (Å²) in [6.07, 6.45) is 0. The summed E-state index contributed by atoms with van der Waals surface area (Å²) in [7, 11) is -4.37. The number of benzene rings is 3. The number of nitrogen functional groups attached to an aromatic ring is 1. The van der Waals surface area contributed by atoms with Crippen LogP contribution < -0.4 is 31.6 Å². The Labute approximate surface area is 239 Å². The van der Waals surface area contributed by atoms with Crippen molar-refractivity contribution >= 4 is 50.9 Å². The number of sulfonamides is 1. The molecule has 0 aromatic heterocycles. The lowest BCUT2D eigenvalue weighted by Gasteiger charge is -2.24. The van der Waals surface area contributed by atoms with E-state index in [4.69, 9.17) is 38.9 Å². The molecule has 15 heteroatoms. The van der Waals surface area contributed by atoms with E-state index in [-0.39, 0.29) is 40.0 Å². The van der Waals surface area contributed by atoms with Crippen LogP contribution in [0.25, 0.3) is 0 Å². The molecular weight excluding hydrogens is 579 g/mol. The summed E-state index contributed by atoms with van der Waals surface area (Å²) < 4.78 is 46.7. The number of amidine groups is 1. The maximum atomic E-state index is 14.2. The van der Waals surface area contributed by atoms with Crippen molar-refractivity contribution in [1.82, 2.24) is 5.32 Å². The van der Waals surface area contributed by atoms with Crippen LogP contribution >= 0.6 is 11.6 Å². The van der Waals surface area contributed by atoms with Gasteiger partial charge in [0.1, 0.15) is 23.9 Å². The number of carbonyl (C=O) groups is 3. The Morgan fingerprint density at radius 1 is 0.951 bits per heavy atom. The molecule has 0 saturated carbocycles. The minimum atomic E-state index is -4.37. The number of hydrogen-bond donors (Lipinski definition) is 5. The van der Waals surface area contributed by atoms with Gasteiger partial charge in [-0.3, -0.25) is 24.1 Å². The molecule has 3 aromatic carbocycles. The van der Waals surface area contributed by atoms with Gasteiger partial charge in [-0.05, 0) is 30.3 Å². The van der Waals surface area contributed by atoms with Gasteiger partial charge in [-0.15, -0.1) is 0 Å². The number of carbonyl (C=O) groups excluding carboxylic acids is 3. The zero-order valence-electron chi connectivity index (χ0n) is 21.4. The highest BCUT2D eigenvalue weighted by Gasteiger charge is 2.27. The van der Waals surface area contributed by atoms with Gasteiger partial charge in [0, 0.05) is 33.8 Å². The predicted molar refractivity (Wildman–Crippen MR) is 150 cm³/mol. The van der Waals surface area contributed by atoms with Crippen molar-refractivity contribution in [3.05, 3.63) is 93.8 Å². The number of amides is 3. The summed E-state index contributed by atoms with van der Waals surface area (Å²) in [4.78, 5) is 36.0. The maximum Gasteiger partial charge on any atom is 0.255 e. The molecule has 0 unspecified atom stereocenters. The molecule has 0 aliphatic heterocycles. The Hall–Kier alpha value is -4.69. The SMILES string of the molecule is N=C(N)c1ccc(CNC(=O)c2cc(Cl)cc(N(CC(N)=O)S(=O)(=O)Cc3ccccc3F)c2)c(OCC(N)=O)c1. The number of halogens is 2. The lowest BCUT2D eigenvalue weighted by atomic mass is 10.1. The highest BCUT2D eigenvalue weighted by Crippen LogP contribution is 2.27. The number of primary amides is 2. The minimum Gasteiger partial charge on any atom is -0.483 e. The van der Waals surface area contributed by atoms with E-state index in [1.54, 1.807) is 0 Å². The second kappa shape index (κ2) is 13.1. The van der Waals surface area contributed by atoms with Crippen LogP contribution in [0.4, 0.5) is 10.1 Å². The Kier molecular flexibility index (Phi) is 9.86. The van der Waals surface area contributed by atoms with Crippen molar-refractivity contribution in [2.45, 2.75) is 12.3 Å². The first-order valence-electron chi connectivity index (χ1n) is 11.8. The normalized spacial score (nSPS) is 11.0. The van der Waals surface area contributed by atoms with Crippen LogP contribution in [0.15, 0.2) is 60.7 Å². The van der Waals surface area contributed by atoms with Gasteiger partial charge in [-0.1, -0.05) is 41.9 Å².